The number of anilines is 1. The largest absolute Gasteiger partial charge is 0.483 e. The number of amides is 1. The van der Waals surface area contributed by atoms with Crippen LogP contribution in [0.15, 0.2) is 36.5 Å². The number of carbonyl (C=O) groups excluding carboxylic acids is 1. The number of aromatic nitrogens is 2. The second-order valence-corrected chi connectivity index (χ2v) is 4.59. The maximum Gasteiger partial charge on any atom is 0.325 e. The van der Waals surface area contributed by atoms with Crippen LogP contribution in [-0.4, -0.2) is 33.4 Å². The fourth-order valence-corrected chi connectivity index (χ4v) is 1.91. The van der Waals surface area contributed by atoms with Crippen LogP contribution in [-0.2, 0) is 22.6 Å². The molecule has 1 amide bonds. The molecule has 0 bridgehead atoms. The van der Waals surface area contributed by atoms with Crippen molar-refractivity contribution in [2.24, 2.45) is 0 Å². The van der Waals surface area contributed by atoms with Crippen LogP contribution in [0.1, 0.15) is 12.5 Å². The molecule has 1 aromatic carbocycles. The molecule has 0 saturated heterocycles. The van der Waals surface area contributed by atoms with E-state index in [4.69, 9.17) is 9.84 Å². The van der Waals surface area contributed by atoms with E-state index in [1.54, 1.807) is 0 Å². The molecule has 116 valence electrons. The summed E-state index contributed by atoms with van der Waals surface area (Å²) < 4.78 is 6.72. The zero-order chi connectivity index (χ0) is 15.9. The number of benzene rings is 1. The summed E-state index contributed by atoms with van der Waals surface area (Å²) in [5, 5.41) is 15.1. The third kappa shape index (κ3) is 4.34. The van der Waals surface area contributed by atoms with Crippen LogP contribution >= 0.6 is 0 Å². The molecule has 0 aliphatic heterocycles. The van der Waals surface area contributed by atoms with Crippen LogP contribution in [0.5, 0.6) is 5.75 Å². The molecule has 0 saturated carbocycles. The van der Waals surface area contributed by atoms with Gasteiger partial charge in [0, 0.05) is 12.3 Å². The fourth-order valence-electron chi connectivity index (χ4n) is 1.91. The summed E-state index contributed by atoms with van der Waals surface area (Å²) in [5.41, 5.74) is 1.03. The summed E-state index contributed by atoms with van der Waals surface area (Å²) >= 11 is 0. The van der Waals surface area contributed by atoms with Gasteiger partial charge in [0.15, 0.2) is 12.4 Å². The van der Waals surface area contributed by atoms with E-state index < -0.39 is 5.97 Å². The summed E-state index contributed by atoms with van der Waals surface area (Å²) in [6, 6.07) is 9.05. The third-order valence-electron chi connectivity index (χ3n) is 2.92. The number of para-hydroxylation sites is 1. The van der Waals surface area contributed by atoms with Gasteiger partial charge >= 0.3 is 5.97 Å². The first-order chi connectivity index (χ1) is 10.6. The molecular formula is C15H17N3O4. The van der Waals surface area contributed by atoms with E-state index in [-0.39, 0.29) is 19.1 Å². The SMILES string of the molecule is CCc1ccccc1OCC(=O)Nc1ccn(CC(=O)O)n1. The molecule has 7 nitrogen and oxygen atoms in total. The summed E-state index contributed by atoms with van der Waals surface area (Å²) in [6.45, 7) is 1.62. The predicted octanol–water partition coefficient (Wildman–Crippen LogP) is 1.55. The van der Waals surface area contributed by atoms with Gasteiger partial charge in [-0.2, -0.15) is 5.10 Å². The lowest BCUT2D eigenvalue weighted by molar-refractivity contribution is -0.137. The highest BCUT2D eigenvalue weighted by atomic mass is 16.5. The molecule has 2 rings (SSSR count). The average molecular weight is 303 g/mol. The van der Waals surface area contributed by atoms with Crippen LogP contribution < -0.4 is 10.1 Å². The number of nitrogens with one attached hydrogen (secondary N) is 1. The zero-order valence-corrected chi connectivity index (χ0v) is 12.2. The van der Waals surface area contributed by atoms with Crippen LogP contribution in [0.2, 0.25) is 0 Å². The summed E-state index contributed by atoms with van der Waals surface area (Å²) in [5.74, 6) is -0.387. The lowest BCUT2D eigenvalue weighted by atomic mass is 10.1. The number of hydrogen-bond acceptors (Lipinski definition) is 4. The molecule has 0 unspecified atom stereocenters. The van der Waals surface area contributed by atoms with Crippen molar-refractivity contribution in [3.05, 3.63) is 42.1 Å². The van der Waals surface area contributed by atoms with Crippen LogP contribution in [0.3, 0.4) is 0 Å². The van der Waals surface area contributed by atoms with Crippen molar-refractivity contribution in [2.75, 3.05) is 11.9 Å². The van der Waals surface area contributed by atoms with Gasteiger partial charge in [0.05, 0.1) is 0 Å². The molecule has 0 aliphatic carbocycles. The molecule has 7 heteroatoms. The molecule has 1 aromatic heterocycles. The highest BCUT2D eigenvalue weighted by Crippen LogP contribution is 2.18. The summed E-state index contributed by atoms with van der Waals surface area (Å²) in [4.78, 5) is 22.4. The Morgan fingerprint density at radius 2 is 2.09 bits per heavy atom. The van der Waals surface area contributed by atoms with Crippen molar-refractivity contribution in [1.82, 2.24) is 9.78 Å². The smallest absolute Gasteiger partial charge is 0.325 e. The van der Waals surface area contributed by atoms with E-state index in [0.29, 0.717) is 11.6 Å². The Kier molecular flexibility index (Phi) is 5.13. The second kappa shape index (κ2) is 7.26. The van der Waals surface area contributed by atoms with E-state index in [9.17, 15) is 9.59 Å². The van der Waals surface area contributed by atoms with E-state index in [1.807, 2.05) is 31.2 Å². The third-order valence-corrected chi connectivity index (χ3v) is 2.92. The average Bonchev–Trinajstić information content (AvgIpc) is 2.91. The van der Waals surface area contributed by atoms with E-state index >= 15 is 0 Å². The van der Waals surface area contributed by atoms with Gasteiger partial charge in [-0.15, -0.1) is 0 Å². The van der Waals surface area contributed by atoms with Gasteiger partial charge in [0.25, 0.3) is 5.91 Å². The zero-order valence-electron chi connectivity index (χ0n) is 12.2. The number of aliphatic carboxylic acids is 1. The number of carbonyl (C=O) groups is 2. The first kappa shape index (κ1) is 15.6. The standard InChI is InChI=1S/C15H17N3O4/c1-2-11-5-3-4-6-12(11)22-10-14(19)16-13-7-8-18(17-13)9-15(20)21/h3-8H,2,9-10H2,1H3,(H,20,21)(H,16,17,19). The van der Waals surface area contributed by atoms with Crippen LogP contribution in [0, 0.1) is 0 Å². The molecule has 0 aliphatic rings. The van der Waals surface area contributed by atoms with Gasteiger partial charge in [-0.1, -0.05) is 25.1 Å². The second-order valence-electron chi connectivity index (χ2n) is 4.59. The number of ether oxygens (including phenoxy) is 1. The molecular weight excluding hydrogens is 286 g/mol. The molecule has 0 radical (unpaired) electrons. The van der Waals surface area contributed by atoms with Gasteiger partial charge in [-0.3, -0.25) is 14.3 Å². The van der Waals surface area contributed by atoms with Gasteiger partial charge in [-0.05, 0) is 18.1 Å². The topological polar surface area (TPSA) is 93.5 Å². The Hall–Kier alpha value is -2.83. The Morgan fingerprint density at radius 3 is 2.82 bits per heavy atom. The normalized spacial score (nSPS) is 10.2. The van der Waals surface area contributed by atoms with E-state index in [2.05, 4.69) is 10.4 Å². The molecule has 22 heavy (non-hydrogen) atoms. The quantitative estimate of drug-likeness (QED) is 0.809. The summed E-state index contributed by atoms with van der Waals surface area (Å²) in [6.07, 6.45) is 2.30. The minimum atomic E-state index is -1.000. The van der Waals surface area contributed by atoms with Crippen molar-refractivity contribution in [2.45, 2.75) is 19.9 Å². The number of rotatable bonds is 7. The van der Waals surface area contributed by atoms with E-state index in [1.165, 1.54) is 16.9 Å². The summed E-state index contributed by atoms with van der Waals surface area (Å²) in [7, 11) is 0. The van der Waals surface area contributed by atoms with Crippen molar-refractivity contribution < 1.29 is 19.4 Å². The number of carboxylic acids is 1. The molecule has 1 heterocycles. The Morgan fingerprint density at radius 1 is 1.32 bits per heavy atom. The van der Waals surface area contributed by atoms with Crippen molar-refractivity contribution >= 4 is 17.7 Å². The molecule has 0 spiro atoms. The van der Waals surface area contributed by atoms with Gasteiger partial charge in [-0.25, -0.2) is 0 Å². The van der Waals surface area contributed by atoms with Crippen LogP contribution in [0.4, 0.5) is 5.82 Å². The molecule has 2 aromatic rings. The van der Waals surface area contributed by atoms with Crippen molar-refractivity contribution in [1.29, 1.82) is 0 Å². The molecule has 2 N–H and O–H groups in total. The Bertz CT molecular complexity index is 666. The lowest BCUT2D eigenvalue weighted by Crippen LogP contribution is -2.21. The van der Waals surface area contributed by atoms with Crippen molar-refractivity contribution in [3.63, 3.8) is 0 Å². The number of aryl methyl sites for hydroxylation is 1. The van der Waals surface area contributed by atoms with Gasteiger partial charge in [0.1, 0.15) is 12.3 Å². The number of nitrogens with zero attached hydrogens (tertiary/aromatic N) is 2. The van der Waals surface area contributed by atoms with Crippen LogP contribution in [0.25, 0.3) is 0 Å². The van der Waals surface area contributed by atoms with Crippen molar-refractivity contribution in [3.8, 4) is 5.75 Å². The minimum absolute atomic E-state index is 0.136. The van der Waals surface area contributed by atoms with Gasteiger partial charge < -0.3 is 15.2 Å². The Balaban J connectivity index is 1.87. The molecule has 0 fully saturated rings. The monoisotopic (exact) mass is 303 g/mol. The first-order valence-corrected chi connectivity index (χ1v) is 6.84. The molecule has 0 atom stereocenters. The first-order valence-electron chi connectivity index (χ1n) is 6.84. The highest BCUT2D eigenvalue weighted by molar-refractivity contribution is 5.90. The van der Waals surface area contributed by atoms with Gasteiger partial charge in [0.2, 0.25) is 0 Å². The lowest BCUT2D eigenvalue weighted by Gasteiger charge is -2.09. The minimum Gasteiger partial charge on any atom is -0.483 e. The maximum atomic E-state index is 11.8. The number of carboxylic acid groups (broad SMARTS) is 1. The predicted molar refractivity (Wildman–Crippen MR) is 79.8 cm³/mol. The fraction of sp³-hybridized carbons (Fsp3) is 0.267. The maximum absolute atomic E-state index is 11.8. The Labute approximate surface area is 127 Å². The number of hydrogen-bond donors (Lipinski definition) is 2. The highest BCUT2D eigenvalue weighted by Gasteiger charge is 2.08. The van der Waals surface area contributed by atoms with E-state index in [0.717, 1.165) is 12.0 Å².